The SMILES string of the molecule is CC(C(=O)N(C)C)N1CCC(CCO)C1. The van der Waals surface area contributed by atoms with Gasteiger partial charge in [0.2, 0.25) is 5.91 Å². The van der Waals surface area contributed by atoms with Crippen LogP contribution in [0.15, 0.2) is 0 Å². The Kier molecular flexibility index (Phi) is 4.54. The van der Waals surface area contributed by atoms with E-state index in [-0.39, 0.29) is 18.6 Å². The predicted molar refractivity (Wildman–Crippen MR) is 59.5 cm³/mol. The fourth-order valence-electron chi connectivity index (χ4n) is 2.16. The lowest BCUT2D eigenvalue weighted by Gasteiger charge is -2.25. The molecule has 2 unspecified atom stereocenters. The third-order valence-corrected chi connectivity index (χ3v) is 3.20. The van der Waals surface area contributed by atoms with Gasteiger partial charge >= 0.3 is 0 Å². The van der Waals surface area contributed by atoms with Crippen LogP contribution in [0.3, 0.4) is 0 Å². The number of nitrogens with zero attached hydrogens (tertiary/aromatic N) is 2. The van der Waals surface area contributed by atoms with Crippen molar-refractivity contribution in [2.24, 2.45) is 5.92 Å². The van der Waals surface area contributed by atoms with Gasteiger partial charge in [0.1, 0.15) is 0 Å². The molecule has 0 spiro atoms. The minimum atomic E-state index is -0.0244. The van der Waals surface area contributed by atoms with Crippen molar-refractivity contribution >= 4 is 5.91 Å². The lowest BCUT2D eigenvalue weighted by atomic mass is 10.1. The van der Waals surface area contributed by atoms with E-state index in [9.17, 15) is 4.79 Å². The van der Waals surface area contributed by atoms with Gasteiger partial charge in [-0.05, 0) is 32.2 Å². The Balaban J connectivity index is 2.42. The number of aliphatic hydroxyl groups excluding tert-OH is 1. The summed E-state index contributed by atoms with van der Waals surface area (Å²) in [5.41, 5.74) is 0. The summed E-state index contributed by atoms with van der Waals surface area (Å²) in [5, 5.41) is 8.86. The molecule has 88 valence electrons. The minimum Gasteiger partial charge on any atom is -0.396 e. The van der Waals surface area contributed by atoms with E-state index in [4.69, 9.17) is 5.11 Å². The molecule has 0 aromatic rings. The molecule has 0 aromatic carbocycles. The van der Waals surface area contributed by atoms with Crippen LogP contribution in [0.4, 0.5) is 0 Å². The molecule has 0 aliphatic carbocycles. The lowest BCUT2D eigenvalue weighted by molar-refractivity contribution is -0.133. The zero-order valence-corrected chi connectivity index (χ0v) is 9.94. The smallest absolute Gasteiger partial charge is 0.239 e. The van der Waals surface area contributed by atoms with E-state index < -0.39 is 0 Å². The Hall–Kier alpha value is -0.610. The molecule has 2 atom stereocenters. The number of hydrogen-bond acceptors (Lipinski definition) is 3. The summed E-state index contributed by atoms with van der Waals surface area (Å²) >= 11 is 0. The monoisotopic (exact) mass is 214 g/mol. The molecule has 0 radical (unpaired) electrons. The molecule has 0 saturated carbocycles. The van der Waals surface area contributed by atoms with Crippen molar-refractivity contribution in [2.45, 2.75) is 25.8 Å². The second-order valence-electron chi connectivity index (χ2n) is 4.57. The normalized spacial score (nSPS) is 24.1. The largest absolute Gasteiger partial charge is 0.396 e. The summed E-state index contributed by atoms with van der Waals surface area (Å²) in [6, 6.07) is -0.0244. The molecule has 1 heterocycles. The van der Waals surface area contributed by atoms with E-state index in [2.05, 4.69) is 4.90 Å². The molecule has 15 heavy (non-hydrogen) atoms. The van der Waals surface area contributed by atoms with Crippen LogP contribution in [0.25, 0.3) is 0 Å². The zero-order valence-electron chi connectivity index (χ0n) is 9.94. The first-order valence-electron chi connectivity index (χ1n) is 5.62. The van der Waals surface area contributed by atoms with Gasteiger partial charge in [-0.2, -0.15) is 0 Å². The van der Waals surface area contributed by atoms with E-state index in [1.54, 1.807) is 19.0 Å². The van der Waals surface area contributed by atoms with Crippen LogP contribution in [0.1, 0.15) is 19.8 Å². The topological polar surface area (TPSA) is 43.8 Å². The summed E-state index contributed by atoms with van der Waals surface area (Å²) < 4.78 is 0. The number of carbonyl (C=O) groups excluding carboxylic acids is 1. The first-order chi connectivity index (χ1) is 7.06. The van der Waals surface area contributed by atoms with E-state index in [1.165, 1.54) is 0 Å². The summed E-state index contributed by atoms with van der Waals surface area (Å²) in [4.78, 5) is 15.6. The van der Waals surface area contributed by atoms with Crippen molar-refractivity contribution in [2.75, 3.05) is 33.8 Å². The molecule has 1 saturated heterocycles. The van der Waals surface area contributed by atoms with Crippen LogP contribution in [0, 0.1) is 5.92 Å². The second kappa shape index (κ2) is 5.47. The van der Waals surface area contributed by atoms with Gasteiger partial charge in [0.25, 0.3) is 0 Å². The Morgan fingerprint density at radius 3 is 2.80 bits per heavy atom. The molecule has 4 nitrogen and oxygen atoms in total. The Morgan fingerprint density at radius 2 is 2.27 bits per heavy atom. The first kappa shape index (κ1) is 12.5. The highest BCUT2D eigenvalue weighted by Gasteiger charge is 2.29. The molecule has 1 fully saturated rings. The number of aliphatic hydroxyl groups is 1. The maximum Gasteiger partial charge on any atom is 0.239 e. The molecule has 0 aromatic heterocycles. The van der Waals surface area contributed by atoms with Crippen LogP contribution >= 0.6 is 0 Å². The molecular formula is C11H22N2O2. The molecular weight excluding hydrogens is 192 g/mol. The minimum absolute atomic E-state index is 0.0244. The Morgan fingerprint density at radius 1 is 1.60 bits per heavy atom. The van der Waals surface area contributed by atoms with Crippen LogP contribution < -0.4 is 0 Å². The Bertz CT molecular complexity index is 219. The van der Waals surface area contributed by atoms with Crippen LogP contribution in [0.2, 0.25) is 0 Å². The highest BCUT2D eigenvalue weighted by Crippen LogP contribution is 2.21. The average Bonchev–Trinajstić information content (AvgIpc) is 2.64. The summed E-state index contributed by atoms with van der Waals surface area (Å²) in [7, 11) is 3.58. The molecule has 1 rings (SSSR count). The van der Waals surface area contributed by atoms with E-state index >= 15 is 0 Å². The molecule has 1 aliphatic heterocycles. The molecule has 1 N–H and O–H groups in total. The number of hydrogen-bond donors (Lipinski definition) is 1. The molecule has 4 heteroatoms. The van der Waals surface area contributed by atoms with Crippen LogP contribution in [-0.4, -0.2) is 60.6 Å². The summed E-state index contributed by atoms with van der Waals surface area (Å²) in [6.07, 6.45) is 1.96. The number of rotatable bonds is 4. The summed E-state index contributed by atoms with van der Waals surface area (Å²) in [6.45, 7) is 4.14. The standard InChI is InChI=1S/C11H22N2O2/c1-9(11(15)12(2)3)13-6-4-10(8-13)5-7-14/h9-10,14H,4-8H2,1-3H3. The van der Waals surface area contributed by atoms with Crippen LogP contribution in [-0.2, 0) is 4.79 Å². The number of likely N-dealkylation sites (tertiary alicyclic amines) is 1. The zero-order chi connectivity index (χ0) is 11.4. The molecule has 1 amide bonds. The highest BCUT2D eigenvalue weighted by molar-refractivity contribution is 5.80. The third-order valence-electron chi connectivity index (χ3n) is 3.20. The summed E-state index contributed by atoms with van der Waals surface area (Å²) in [5.74, 6) is 0.729. The Labute approximate surface area is 91.9 Å². The number of amides is 1. The van der Waals surface area contributed by atoms with Gasteiger partial charge in [0.05, 0.1) is 6.04 Å². The maximum absolute atomic E-state index is 11.7. The highest BCUT2D eigenvalue weighted by atomic mass is 16.3. The van der Waals surface area contributed by atoms with E-state index in [0.29, 0.717) is 5.92 Å². The van der Waals surface area contributed by atoms with Crippen molar-refractivity contribution in [1.29, 1.82) is 0 Å². The van der Waals surface area contributed by atoms with E-state index in [1.807, 2.05) is 6.92 Å². The van der Waals surface area contributed by atoms with Crippen molar-refractivity contribution in [1.82, 2.24) is 9.80 Å². The van der Waals surface area contributed by atoms with Crippen LogP contribution in [0.5, 0.6) is 0 Å². The van der Waals surface area contributed by atoms with Gasteiger partial charge in [-0.25, -0.2) is 0 Å². The number of likely N-dealkylation sites (N-methyl/N-ethyl adjacent to an activating group) is 1. The number of carbonyl (C=O) groups is 1. The molecule has 0 bridgehead atoms. The van der Waals surface area contributed by atoms with Gasteiger partial charge in [-0.15, -0.1) is 0 Å². The first-order valence-corrected chi connectivity index (χ1v) is 5.62. The van der Waals surface area contributed by atoms with Gasteiger partial charge in [-0.3, -0.25) is 9.69 Å². The van der Waals surface area contributed by atoms with Gasteiger partial charge in [0, 0.05) is 27.2 Å². The van der Waals surface area contributed by atoms with E-state index in [0.717, 1.165) is 25.9 Å². The van der Waals surface area contributed by atoms with Crippen molar-refractivity contribution in [3.8, 4) is 0 Å². The second-order valence-corrected chi connectivity index (χ2v) is 4.57. The molecule has 1 aliphatic rings. The van der Waals surface area contributed by atoms with Crippen molar-refractivity contribution in [3.05, 3.63) is 0 Å². The average molecular weight is 214 g/mol. The third kappa shape index (κ3) is 3.18. The quantitative estimate of drug-likeness (QED) is 0.725. The maximum atomic E-state index is 11.7. The predicted octanol–water partition coefficient (Wildman–Crippen LogP) is 0.167. The van der Waals surface area contributed by atoms with Crippen molar-refractivity contribution in [3.63, 3.8) is 0 Å². The lowest BCUT2D eigenvalue weighted by Crippen LogP contribution is -2.43. The fraction of sp³-hybridized carbons (Fsp3) is 0.909. The van der Waals surface area contributed by atoms with Crippen molar-refractivity contribution < 1.29 is 9.90 Å². The van der Waals surface area contributed by atoms with Gasteiger partial charge in [-0.1, -0.05) is 0 Å². The fourth-order valence-corrected chi connectivity index (χ4v) is 2.16. The van der Waals surface area contributed by atoms with Gasteiger partial charge < -0.3 is 10.0 Å². The van der Waals surface area contributed by atoms with Gasteiger partial charge in [0.15, 0.2) is 0 Å².